The largest absolute Gasteiger partial charge is 0.426 e. The number of hydrogen-bond donors (Lipinski definition) is 0. The minimum Gasteiger partial charge on any atom is -0.426 e. The van der Waals surface area contributed by atoms with E-state index in [-0.39, 0.29) is 61.5 Å². The summed E-state index contributed by atoms with van der Waals surface area (Å²) in [6, 6.07) is 10.3. The molecule has 0 N–H and O–H groups in total. The molecule has 7 nitrogen and oxygen atoms in total. The molecule has 3 amide bonds. The molecule has 0 aliphatic carbocycles. The number of halogens is 4. The van der Waals surface area contributed by atoms with Crippen LogP contribution in [0.2, 0.25) is 20.1 Å². The van der Waals surface area contributed by atoms with Crippen molar-refractivity contribution in [3.8, 4) is 5.75 Å². The lowest BCUT2D eigenvalue weighted by molar-refractivity contribution is -0.139. The molecule has 1 atom stereocenters. The second kappa shape index (κ2) is 10.1. The molecule has 200 valence electrons. The zero-order valence-corrected chi connectivity index (χ0v) is 23.9. The second-order valence-corrected chi connectivity index (χ2v) is 11.1. The van der Waals surface area contributed by atoms with Crippen molar-refractivity contribution in [2.45, 2.75) is 27.2 Å². The van der Waals surface area contributed by atoms with Gasteiger partial charge < -0.3 is 9.64 Å². The summed E-state index contributed by atoms with van der Waals surface area (Å²) in [5.41, 5.74) is 3.25. The highest BCUT2D eigenvalue weighted by Gasteiger charge is 2.43. The standard InChI is InChI=1S/C28H20Cl4N2O5/c1-12-6-13(2)8-16(7-12)33-11-15(10-19(33)35)28(38)39-17-4-5-18(14(3)9-17)34-26(36)20-21(27(34)37)23(30)25(32)24(31)22(20)29/h4-9,15H,10-11H2,1-3H3/t15-/m1/s1. The number of carbonyl (C=O) groups excluding carboxylic acids is 4. The molecule has 0 aromatic heterocycles. The summed E-state index contributed by atoms with van der Waals surface area (Å²) in [6.07, 6.45) is 0.0323. The summed E-state index contributed by atoms with van der Waals surface area (Å²) in [5, 5.41) is -0.562. The van der Waals surface area contributed by atoms with Gasteiger partial charge in [0.1, 0.15) is 5.75 Å². The van der Waals surface area contributed by atoms with Crippen LogP contribution < -0.4 is 14.5 Å². The molecule has 2 aliphatic heterocycles. The Hall–Kier alpha value is -3.10. The molecule has 3 aromatic carbocycles. The highest BCUT2D eigenvalue weighted by Crippen LogP contribution is 2.46. The Labute approximate surface area is 244 Å². The number of carbonyl (C=O) groups is 4. The maximum absolute atomic E-state index is 13.2. The van der Waals surface area contributed by atoms with Crippen molar-refractivity contribution >= 4 is 81.5 Å². The van der Waals surface area contributed by atoms with E-state index in [0.717, 1.165) is 21.7 Å². The predicted molar refractivity (Wildman–Crippen MR) is 151 cm³/mol. The van der Waals surface area contributed by atoms with E-state index in [2.05, 4.69) is 0 Å². The van der Waals surface area contributed by atoms with E-state index in [1.54, 1.807) is 11.8 Å². The van der Waals surface area contributed by atoms with Crippen molar-refractivity contribution < 1.29 is 23.9 Å². The molecule has 0 saturated carbocycles. The van der Waals surface area contributed by atoms with E-state index in [4.69, 9.17) is 51.1 Å². The maximum Gasteiger partial charge on any atom is 0.316 e. The van der Waals surface area contributed by atoms with Crippen molar-refractivity contribution in [2.24, 2.45) is 5.92 Å². The molecule has 2 heterocycles. The number of anilines is 2. The number of ether oxygens (including phenoxy) is 1. The first-order valence-corrected chi connectivity index (χ1v) is 13.4. The van der Waals surface area contributed by atoms with E-state index in [0.29, 0.717) is 5.56 Å². The van der Waals surface area contributed by atoms with Crippen LogP contribution in [-0.4, -0.2) is 30.2 Å². The number of hydrogen-bond acceptors (Lipinski definition) is 5. The first-order chi connectivity index (χ1) is 18.4. The number of nitrogens with zero attached hydrogens (tertiary/aromatic N) is 2. The van der Waals surface area contributed by atoms with Crippen LogP contribution in [0.3, 0.4) is 0 Å². The molecule has 5 rings (SSSR count). The lowest BCUT2D eigenvalue weighted by Gasteiger charge is -2.19. The molecule has 39 heavy (non-hydrogen) atoms. The van der Waals surface area contributed by atoms with Gasteiger partial charge in [0.15, 0.2) is 0 Å². The molecular weight excluding hydrogens is 586 g/mol. The van der Waals surface area contributed by atoms with Crippen molar-refractivity contribution in [3.63, 3.8) is 0 Å². The van der Waals surface area contributed by atoms with Gasteiger partial charge in [0.25, 0.3) is 11.8 Å². The molecule has 0 unspecified atom stereocenters. The Bertz CT molecular complexity index is 1550. The van der Waals surface area contributed by atoms with Crippen LogP contribution >= 0.6 is 46.4 Å². The van der Waals surface area contributed by atoms with Crippen LogP contribution in [0.5, 0.6) is 5.75 Å². The number of aryl methyl sites for hydroxylation is 3. The molecule has 0 spiro atoms. The molecular formula is C28H20Cl4N2O5. The van der Waals surface area contributed by atoms with E-state index in [1.165, 1.54) is 18.2 Å². The van der Waals surface area contributed by atoms with Gasteiger partial charge in [-0.25, -0.2) is 4.90 Å². The molecule has 11 heteroatoms. The fourth-order valence-electron chi connectivity index (χ4n) is 4.93. The minimum absolute atomic E-state index is 0.0323. The summed E-state index contributed by atoms with van der Waals surface area (Å²) in [4.78, 5) is 54.5. The van der Waals surface area contributed by atoms with Crippen LogP contribution in [0.4, 0.5) is 11.4 Å². The van der Waals surface area contributed by atoms with Gasteiger partial charge in [-0.15, -0.1) is 0 Å². The average molecular weight is 606 g/mol. The van der Waals surface area contributed by atoms with E-state index in [9.17, 15) is 19.2 Å². The van der Waals surface area contributed by atoms with Gasteiger partial charge in [0.05, 0.1) is 42.8 Å². The number of amides is 3. The maximum atomic E-state index is 13.2. The highest BCUT2D eigenvalue weighted by molar-refractivity contribution is 6.56. The third-order valence-corrected chi connectivity index (χ3v) is 8.51. The first-order valence-electron chi connectivity index (χ1n) is 11.8. The minimum atomic E-state index is -0.704. The van der Waals surface area contributed by atoms with E-state index >= 15 is 0 Å². The summed E-state index contributed by atoms with van der Waals surface area (Å²) >= 11 is 24.6. The van der Waals surface area contributed by atoms with Gasteiger partial charge >= 0.3 is 5.97 Å². The Kier molecular flexibility index (Phi) is 7.14. The van der Waals surface area contributed by atoms with Crippen molar-refractivity contribution in [1.29, 1.82) is 0 Å². The van der Waals surface area contributed by atoms with Crippen molar-refractivity contribution in [2.75, 3.05) is 16.3 Å². The number of rotatable bonds is 4. The smallest absolute Gasteiger partial charge is 0.316 e. The second-order valence-electron chi connectivity index (χ2n) is 9.57. The third kappa shape index (κ3) is 4.67. The van der Waals surface area contributed by atoms with Crippen LogP contribution in [0.25, 0.3) is 0 Å². The monoisotopic (exact) mass is 604 g/mol. The molecule has 0 radical (unpaired) electrons. The van der Waals surface area contributed by atoms with Crippen LogP contribution in [0, 0.1) is 26.7 Å². The van der Waals surface area contributed by atoms with E-state index in [1.807, 2.05) is 32.0 Å². The van der Waals surface area contributed by atoms with Gasteiger partial charge in [-0.1, -0.05) is 52.5 Å². The zero-order valence-electron chi connectivity index (χ0n) is 20.9. The normalized spacial score (nSPS) is 16.8. The van der Waals surface area contributed by atoms with Gasteiger partial charge in [0, 0.05) is 18.7 Å². The van der Waals surface area contributed by atoms with Crippen LogP contribution in [-0.2, 0) is 9.59 Å². The Morgan fingerprint density at radius 1 is 0.821 bits per heavy atom. The predicted octanol–water partition coefficient (Wildman–Crippen LogP) is 6.98. The van der Waals surface area contributed by atoms with E-state index < -0.39 is 23.7 Å². The third-order valence-electron chi connectivity index (χ3n) is 6.71. The Morgan fingerprint density at radius 2 is 1.38 bits per heavy atom. The molecule has 1 saturated heterocycles. The SMILES string of the molecule is Cc1cc(C)cc(N2C[C@H](C(=O)Oc3ccc(N4C(=O)c5c(Cl)c(Cl)c(Cl)c(Cl)c5C4=O)c(C)c3)CC2=O)c1. The molecule has 0 bridgehead atoms. The summed E-state index contributed by atoms with van der Waals surface area (Å²) < 4.78 is 5.58. The fraction of sp³-hybridized carbons (Fsp3) is 0.214. The number of esters is 1. The van der Waals surface area contributed by atoms with Crippen LogP contribution in [0.1, 0.15) is 43.8 Å². The summed E-state index contributed by atoms with van der Waals surface area (Å²) in [5.74, 6) is -2.55. The van der Waals surface area contributed by atoms with Crippen molar-refractivity contribution in [1.82, 2.24) is 0 Å². The topological polar surface area (TPSA) is 84.0 Å². The molecule has 3 aromatic rings. The Balaban J connectivity index is 1.35. The fourth-order valence-corrected chi connectivity index (χ4v) is 5.95. The van der Waals surface area contributed by atoms with Crippen LogP contribution in [0.15, 0.2) is 36.4 Å². The quantitative estimate of drug-likeness (QED) is 0.105. The van der Waals surface area contributed by atoms with Gasteiger partial charge in [0.2, 0.25) is 5.91 Å². The lowest BCUT2D eigenvalue weighted by atomic mass is 10.1. The average Bonchev–Trinajstić information content (AvgIpc) is 3.38. The molecule has 2 aliphatic rings. The van der Waals surface area contributed by atoms with Gasteiger partial charge in [-0.2, -0.15) is 0 Å². The van der Waals surface area contributed by atoms with Gasteiger partial charge in [-0.3, -0.25) is 19.2 Å². The van der Waals surface area contributed by atoms with Crippen molar-refractivity contribution in [3.05, 3.63) is 84.3 Å². The first kappa shape index (κ1) is 27.5. The summed E-state index contributed by atoms with van der Waals surface area (Å²) in [6.45, 7) is 5.76. The number of fused-ring (bicyclic) bond motifs is 1. The van der Waals surface area contributed by atoms with Gasteiger partial charge in [-0.05, 0) is 67.8 Å². The summed E-state index contributed by atoms with van der Waals surface area (Å²) in [7, 11) is 0. The lowest BCUT2D eigenvalue weighted by Crippen LogP contribution is -2.30. The highest BCUT2D eigenvalue weighted by atomic mass is 35.5. The Morgan fingerprint density at radius 3 is 1.92 bits per heavy atom. The number of imide groups is 1. The molecule has 1 fully saturated rings. The number of benzene rings is 3. The zero-order chi connectivity index (χ0) is 28.3.